The summed E-state index contributed by atoms with van der Waals surface area (Å²) in [6.45, 7) is 5.45. The fourth-order valence-corrected chi connectivity index (χ4v) is 2.14. The van der Waals surface area contributed by atoms with Gasteiger partial charge >= 0.3 is 0 Å². The highest BCUT2D eigenvalue weighted by molar-refractivity contribution is 5.79. The van der Waals surface area contributed by atoms with Gasteiger partial charge in [0, 0.05) is 25.9 Å². The van der Waals surface area contributed by atoms with Crippen LogP contribution >= 0.6 is 0 Å². The smallest absolute Gasteiger partial charge is 0.222 e. The molecule has 0 radical (unpaired) electrons. The number of likely N-dealkylation sites (tertiary alicyclic amines) is 1. The largest absolute Gasteiger partial charge is 0.479 e. The molecule has 0 aromatic rings. The average molecular weight is 210 g/mol. The zero-order valence-corrected chi connectivity index (χ0v) is 9.24. The van der Waals surface area contributed by atoms with Crippen molar-refractivity contribution in [1.29, 1.82) is 0 Å². The van der Waals surface area contributed by atoms with Gasteiger partial charge in [0.1, 0.15) is 6.61 Å². The van der Waals surface area contributed by atoms with Gasteiger partial charge in [-0.25, -0.2) is 0 Å². The number of hydrogen-bond acceptors (Lipinski definition) is 3. The normalized spacial score (nSPS) is 22.9. The van der Waals surface area contributed by atoms with Crippen molar-refractivity contribution in [3.8, 4) is 0 Å². The van der Waals surface area contributed by atoms with E-state index in [1.165, 1.54) is 0 Å². The van der Waals surface area contributed by atoms with Crippen LogP contribution in [0, 0.1) is 5.92 Å². The van der Waals surface area contributed by atoms with Gasteiger partial charge in [-0.2, -0.15) is 0 Å². The molecule has 2 aliphatic heterocycles. The summed E-state index contributed by atoms with van der Waals surface area (Å²) in [7, 11) is 0. The molecule has 2 aliphatic rings. The lowest BCUT2D eigenvalue weighted by atomic mass is 10.1. The van der Waals surface area contributed by atoms with Crippen LogP contribution in [0.25, 0.3) is 0 Å². The van der Waals surface area contributed by atoms with Crippen LogP contribution in [0.15, 0.2) is 4.99 Å². The monoisotopic (exact) mass is 210 g/mol. The molecule has 15 heavy (non-hydrogen) atoms. The van der Waals surface area contributed by atoms with E-state index in [-0.39, 0.29) is 0 Å². The third kappa shape index (κ3) is 2.70. The van der Waals surface area contributed by atoms with Crippen molar-refractivity contribution in [3.63, 3.8) is 0 Å². The minimum atomic E-state index is 0.302. The number of carbonyl (C=O) groups is 1. The van der Waals surface area contributed by atoms with Gasteiger partial charge in [0.2, 0.25) is 5.91 Å². The van der Waals surface area contributed by atoms with Crippen LogP contribution in [0.5, 0.6) is 0 Å². The summed E-state index contributed by atoms with van der Waals surface area (Å²) >= 11 is 0. The summed E-state index contributed by atoms with van der Waals surface area (Å²) in [5.74, 6) is 1.62. The number of rotatable bonds is 4. The lowest BCUT2D eigenvalue weighted by Gasteiger charge is -2.20. The fourth-order valence-electron chi connectivity index (χ4n) is 2.14. The van der Waals surface area contributed by atoms with Crippen LogP contribution in [0.2, 0.25) is 0 Å². The Morgan fingerprint density at radius 1 is 1.60 bits per heavy atom. The fraction of sp³-hybridized carbons (Fsp3) is 0.818. The van der Waals surface area contributed by atoms with Crippen LogP contribution in [0.4, 0.5) is 0 Å². The van der Waals surface area contributed by atoms with E-state index in [1.807, 2.05) is 4.90 Å². The van der Waals surface area contributed by atoms with Gasteiger partial charge in [0.05, 0.1) is 6.54 Å². The predicted molar refractivity (Wildman–Crippen MR) is 57.8 cm³/mol. The standard InChI is InChI=1S/C11H18N2O2/c1-9(7-10-12-4-6-15-10)8-13-5-2-3-11(13)14/h9H,2-8H2,1H3. The molecule has 2 rings (SSSR count). The maximum atomic E-state index is 11.4. The second-order valence-electron chi connectivity index (χ2n) is 4.38. The number of aliphatic imine (C=N–C) groups is 1. The Morgan fingerprint density at radius 3 is 3.07 bits per heavy atom. The number of amides is 1. The first-order chi connectivity index (χ1) is 7.25. The van der Waals surface area contributed by atoms with Gasteiger partial charge in [-0.1, -0.05) is 6.92 Å². The maximum absolute atomic E-state index is 11.4. The van der Waals surface area contributed by atoms with Crippen molar-refractivity contribution in [2.24, 2.45) is 10.9 Å². The number of ether oxygens (including phenoxy) is 1. The Hall–Kier alpha value is -1.06. The molecule has 0 N–H and O–H groups in total. The minimum absolute atomic E-state index is 0.302. The molecule has 2 heterocycles. The van der Waals surface area contributed by atoms with E-state index in [1.54, 1.807) is 0 Å². The quantitative estimate of drug-likeness (QED) is 0.696. The summed E-state index contributed by atoms with van der Waals surface area (Å²) in [6, 6.07) is 0. The molecule has 0 aromatic carbocycles. The van der Waals surface area contributed by atoms with Crippen LogP contribution in [-0.4, -0.2) is 42.9 Å². The predicted octanol–water partition coefficient (Wildman–Crippen LogP) is 1.06. The summed E-state index contributed by atoms with van der Waals surface area (Å²) in [5.41, 5.74) is 0. The maximum Gasteiger partial charge on any atom is 0.222 e. The number of nitrogens with zero attached hydrogens (tertiary/aromatic N) is 2. The highest BCUT2D eigenvalue weighted by Crippen LogP contribution is 2.15. The van der Waals surface area contributed by atoms with Crippen molar-refractivity contribution in [3.05, 3.63) is 0 Å². The molecule has 0 aromatic heterocycles. The second-order valence-corrected chi connectivity index (χ2v) is 4.38. The van der Waals surface area contributed by atoms with Crippen molar-refractivity contribution < 1.29 is 9.53 Å². The third-order valence-corrected chi connectivity index (χ3v) is 2.87. The van der Waals surface area contributed by atoms with Crippen molar-refractivity contribution in [2.75, 3.05) is 26.2 Å². The molecule has 1 amide bonds. The van der Waals surface area contributed by atoms with E-state index in [0.29, 0.717) is 11.8 Å². The topological polar surface area (TPSA) is 41.9 Å². The number of hydrogen-bond donors (Lipinski definition) is 0. The van der Waals surface area contributed by atoms with E-state index in [0.717, 1.165) is 51.4 Å². The molecule has 1 saturated heterocycles. The Morgan fingerprint density at radius 2 is 2.47 bits per heavy atom. The zero-order valence-electron chi connectivity index (χ0n) is 9.24. The molecular formula is C11H18N2O2. The van der Waals surface area contributed by atoms with E-state index in [4.69, 9.17) is 4.74 Å². The van der Waals surface area contributed by atoms with Crippen molar-refractivity contribution >= 4 is 11.8 Å². The van der Waals surface area contributed by atoms with Crippen molar-refractivity contribution in [2.45, 2.75) is 26.2 Å². The van der Waals surface area contributed by atoms with Crippen LogP contribution < -0.4 is 0 Å². The lowest BCUT2D eigenvalue weighted by molar-refractivity contribution is -0.128. The Balaban J connectivity index is 1.76. The van der Waals surface area contributed by atoms with E-state index >= 15 is 0 Å². The SMILES string of the molecule is CC(CC1=NCCO1)CN1CCCC1=O. The van der Waals surface area contributed by atoms with Gasteiger partial charge < -0.3 is 9.64 Å². The minimum Gasteiger partial charge on any atom is -0.479 e. The second kappa shape index (κ2) is 4.64. The third-order valence-electron chi connectivity index (χ3n) is 2.87. The van der Waals surface area contributed by atoms with Gasteiger partial charge in [0.15, 0.2) is 5.90 Å². The van der Waals surface area contributed by atoms with Crippen LogP contribution in [0.1, 0.15) is 26.2 Å². The molecule has 0 aliphatic carbocycles. The highest BCUT2D eigenvalue weighted by atomic mass is 16.5. The molecular weight excluding hydrogens is 192 g/mol. The van der Waals surface area contributed by atoms with Gasteiger partial charge in [-0.15, -0.1) is 0 Å². The van der Waals surface area contributed by atoms with Gasteiger partial charge in [0.25, 0.3) is 0 Å². The molecule has 4 heteroatoms. The first-order valence-corrected chi connectivity index (χ1v) is 5.69. The Kier molecular flexibility index (Phi) is 3.23. The molecule has 0 bridgehead atoms. The highest BCUT2D eigenvalue weighted by Gasteiger charge is 2.22. The first-order valence-electron chi connectivity index (χ1n) is 5.69. The van der Waals surface area contributed by atoms with E-state index < -0.39 is 0 Å². The lowest BCUT2D eigenvalue weighted by Crippen LogP contribution is -2.30. The molecule has 1 atom stereocenters. The molecule has 1 fully saturated rings. The van der Waals surface area contributed by atoms with Gasteiger partial charge in [-0.05, 0) is 12.3 Å². The summed E-state index contributed by atoms with van der Waals surface area (Å²) in [5, 5.41) is 0. The molecule has 0 saturated carbocycles. The zero-order chi connectivity index (χ0) is 10.7. The van der Waals surface area contributed by atoms with E-state index in [2.05, 4.69) is 11.9 Å². The summed E-state index contributed by atoms with van der Waals surface area (Å²) < 4.78 is 5.36. The summed E-state index contributed by atoms with van der Waals surface area (Å²) in [6.07, 6.45) is 2.61. The average Bonchev–Trinajstić information content (AvgIpc) is 2.79. The Labute approximate surface area is 90.3 Å². The molecule has 0 spiro atoms. The van der Waals surface area contributed by atoms with E-state index in [9.17, 15) is 4.79 Å². The Bertz CT molecular complexity index is 276. The van der Waals surface area contributed by atoms with Crippen LogP contribution in [0.3, 0.4) is 0 Å². The first kappa shape index (κ1) is 10.5. The molecule has 84 valence electrons. The molecule has 4 nitrogen and oxygen atoms in total. The van der Waals surface area contributed by atoms with Crippen molar-refractivity contribution in [1.82, 2.24) is 4.90 Å². The number of carbonyl (C=O) groups excluding carboxylic acids is 1. The summed E-state index contributed by atoms with van der Waals surface area (Å²) in [4.78, 5) is 17.6. The van der Waals surface area contributed by atoms with Crippen LogP contribution in [-0.2, 0) is 9.53 Å². The van der Waals surface area contributed by atoms with Gasteiger partial charge in [-0.3, -0.25) is 9.79 Å². The molecule has 1 unspecified atom stereocenters.